The van der Waals surface area contributed by atoms with E-state index in [1.807, 2.05) is 19.0 Å². The number of hydrogen-bond acceptors (Lipinski definition) is 3. The summed E-state index contributed by atoms with van der Waals surface area (Å²) in [5.41, 5.74) is 0.478. The number of nitrogens with zero attached hydrogens (tertiary/aromatic N) is 3. The molecule has 1 amide bonds. The number of aromatic nitrogens is 1. The standard InChI is InChI=1S/C13H20ClN3O/c1-4-8-17(10-9-16(2)3)13(18)11-6-5-7-15-12(11)14/h5-7H,4,8-10H2,1-3H3. The molecule has 5 heteroatoms. The van der Waals surface area contributed by atoms with Gasteiger partial charge in [0.05, 0.1) is 5.56 Å². The third-order valence-electron chi connectivity index (χ3n) is 2.59. The molecule has 0 aliphatic carbocycles. The van der Waals surface area contributed by atoms with Crippen molar-refractivity contribution in [3.8, 4) is 0 Å². The van der Waals surface area contributed by atoms with Gasteiger partial charge in [0.15, 0.2) is 0 Å². The van der Waals surface area contributed by atoms with Crippen LogP contribution in [0.25, 0.3) is 0 Å². The summed E-state index contributed by atoms with van der Waals surface area (Å²) in [6, 6.07) is 3.45. The first kappa shape index (κ1) is 14.9. The van der Waals surface area contributed by atoms with Crippen LogP contribution in [-0.4, -0.2) is 54.4 Å². The fourth-order valence-electron chi connectivity index (χ4n) is 1.62. The van der Waals surface area contributed by atoms with E-state index in [4.69, 9.17) is 11.6 Å². The van der Waals surface area contributed by atoms with Crippen molar-refractivity contribution in [1.29, 1.82) is 0 Å². The Morgan fingerprint density at radius 1 is 1.33 bits per heavy atom. The average molecular weight is 270 g/mol. The predicted octanol–water partition coefficient (Wildman–Crippen LogP) is 2.15. The number of pyridine rings is 1. The molecule has 1 aromatic heterocycles. The zero-order chi connectivity index (χ0) is 13.5. The Morgan fingerprint density at radius 3 is 2.61 bits per heavy atom. The van der Waals surface area contributed by atoms with Gasteiger partial charge in [-0.25, -0.2) is 4.98 Å². The van der Waals surface area contributed by atoms with Crippen molar-refractivity contribution < 1.29 is 4.79 Å². The number of rotatable bonds is 6. The van der Waals surface area contributed by atoms with Crippen LogP contribution in [0.15, 0.2) is 18.3 Å². The van der Waals surface area contributed by atoms with Gasteiger partial charge in [0, 0.05) is 25.8 Å². The molecule has 0 aromatic carbocycles. The third kappa shape index (κ3) is 4.27. The molecule has 0 saturated carbocycles. The van der Waals surface area contributed by atoms with Gasteiger partial charge in [-0.05, 0) is 32.6 Å². The summed E-state index contributed by atoms with van der Waals surface area (Å²) in [5, 5.41) is 0.272. The Balaban J connectivity index is 2.79. The zero-order valence-corrected chi connectivity index (χ0v) is 11.9. The zero-order valence-electron chi connectivity index (χ0n) is 11.2. The maximum atomic E-state index is 12.4. The Labute approximate surface area is 114 Å². The quantitative estimate of drug-likeness (QED) is 0.743. The van der Waals surface area contributed by atoms with E-state index in [2.05, 4.69) is 16.8 Å². The molecule has 1 aromatic rings. The maximum Gasteiger partial charge on any atom is 0.257 e. The van der Waals surface area contributed by atoms with Crippen LogP contribution in [0.5, 0.6) is 0 Å². The Bertz CT molecular complexity index is 396. The molecule has 0 aliphatic rings. The Hall–Kier alpha value is -1.13. The fourth-order valence-corrected chi connectivity index (χ4v) is 1.82. The van der Waals surface area contributed by atoms with Crippen LogP contribution in [0, 0.1) is 0 Å². The lowest BCUT2D eigenvalue weighted by molar-refractivity contribution is 0.0744. The molecule has 0 fully saturated rings. The second-order valence-electron chi connectivity index (χ2n) is 4.44. The van der Waals surface area contributed by atoms with Crippen LogP contribution in [0.4, 0.5) is 0 Å². The van der Waals surface area contributed by atoms with E-state index in [0.29, 0.717) is 12.1 Å². The van der Waals surface area contributed by atoms with Gasteiger partial charge < -0.3 is 9.80 Å². The lowest BCUT2D eigenvalue weighted by Crippen LogP contribution is -2.37. The number of carbonyl (C=O) groups is 1. The normalized spacial score (nSPS) is 10.7. The summed E-state index contributed by atoms with van der Waals surface area (Å²) in [6.07, 6.45) is 2.51. The molecule has 0 atom stereocenters. The Morgan fingerprint density at radius 2 is 2.06 bits per heavy atom. The van der Waals surface area contributed by atoms with E-state index >= 15 is 0 Å². The van der Waals surface area contributed by atoms with Crippen LogP contribution in [-0.2, 0) is 0 Å². The van der Waals surface area contributed by atoms with Gasteiger partial charge in [0.2, 0.25) is 0 Å². The van der Waals surface area contributed by atoms with Crippen LogP contribution in [0.1, 0.15) is 23.7 Å². The highest BCUT2D eigenvalue weighted by atomic mass is 35.5. The highest BCUT2D eigenvalue weighted by Gasteiger charge is 2.17. The molecule has 0 bridgehead atoms. The van der Waals surface area contributed by atoms with Crippen molar-refractivity contribution in [3.05, 3.63) is 29.0 Å². The minimum absolute atomic E-state index is 0.0446. The molecule has 4 nitrogen and oxygen atoms in total. The van der Waals surface area contributed by atoms with Crippen LogP contribution in [0.3, 0.4) is 0 Å². The monoisotopic (exact) mass is 269 g/mol. The van der Waals surface area contributed by atoms with Gasteiger partial charge >= 0.3 is 0 Å². The lowest BCUT2D eigenvalue weighted by Gasteiger charge is -2.24. The Kier molecular flexibility index (Phi) is 6.09. The van der Waals surface area contributed by atoms with E-state index in [9.17, 15) is 4.79 Å². The van der Waals surface area contributed by atoms with Crippen LogP contribution in [0.2, 0.25) is 5.15 Å². The van der Waals surface area contributed by atoms with Gasteiger partial charge in [0.1, 0.15) is 5.15 Å². The van der Waals surface area contributed by atoms with Crippen LogP contribution >= 0.6 is 11.6 Å². The van der Waals surface area contributed by atoms with Crippen molar-refractivity contribution in [1.82, 2.24) is 14.8 Å². The van der Waals surface area contributed by atoms with Crippen molar-refractivity contribution >= 4 is 17.5 Å². The molecule has 0 saturated heterocycles. The van der Waals surface area contributed by atoms with Gasteiger partial charge in [-0.3, -0.25) is 4.79 Å². The summed E-state index contributed by atoms with van der Waals surface area (Å²) < 4.78 is 0. The maximum absolute atomic E-state index is 12.4. The summed E-state index contributed by atoms with van der Waals surface area (Å²) in [6.45, 7) is 4.33. The summed E-state index contributed by atoms with van der Waals surface area (Å²) in [4.78, 5) is 20.2. The predicted molar refractivity (Wildman–Crippen MR) is 74.0 cm³/mol. The number of likely N-dealkylation sites (N-methyl/N-ethyl adjacent to an activating group) is 1. The molecule has 0 aliphatic heterocycles. The summed E-state index contributed by atoms with van der Waals surface area (Å²) in [7, 11) is 3.98. The van der Waals surface area contributed by atoms with E-state index < -0.39 is 0 Å². The van der Waals surface area contributed by atoms with E-state index in [1.54, 1.807) is 18.3 Å². The smallest absolute Gasteiger partial charge is 0.257 e. The molecule has 0 N–H and O–H groups in total. The number of carbonyl (C=O) groups excluding carboxylic acids is 1. The van der Waals surface area contributed by atoms with Gasteiger partial charge in [-0.15, -0.1) is 0 Å². The molecule has 1 heterocycles. The van der Waals surface area contributed by atoms with E-state index in [0.717, 1.165) is 19.5 Å². The number of hydrogen-bond donors (Lipinski definition) is 0. The number of halogens is 1. The highest BCUT2D eigenvalue weighted by molar-refractivity contribution is 6.32. The first-order valence-electron chi connectivity index (χ1n) is 6.10. The topological polar surface area (TPSA) is 36.4 Å². The van der Waals surface area contributed by atoms with Gasteiger partial charge in [0.25, 0.3) is 5.91 Å². The van der Waals surface area contributed by atoms with Gasteiger partial charge in [-0.1, -0.05) is 18.5 Å². The number of amides is 1. The molecule has 0 spiro atoms. The SMILES string of the molecule is CCCN(CCN(C)C)C(=O)c1cccnc1Cl. The minimum atomic E-state index is -0.0446. The molecule has 0 unspecified atom stereocenters. The largest absolute Gasteiger partial charge is 0.337 e. The van der Waals surface area contributed by atoms with Crippen molar-refractivity contribution in [2.45, 2.75) is 13.3 Å². The first-order valence-corrected chi connectivity index (χ1v) is 6.48. The first-order chi connectivity index (χ1) is 8.56. The fraction of sp³-hybridized carbons (Fsp3) is 0.538. The second-order valence-corrected chi connectivity index (χ2v) is 4.80. The van der Waals surface area contributed by atoms with E-state index in [1.165, 1.54) is 0 Å². The molecular formula is C13H20ClN3O. The molecular weight excluding hydrogens is 250 g/mol. The minimum Gasteiger partial charge on any atom is -0.337 e. The molecule has 1 rings (SSSR count). The van der Waals surface area contributed by atoms with Crippen molar-refractivity contribution in [3.63, 3.8) is 0 Å². The second kappa shape index (κ2) is 7.34. The summed E-state index contributed by atoms with van der Waals surface area (Å²) >= 11 is 5.96. The molecule has 0 radical (unpaired) electrons. The molecule has 18 heavy (non-hydrogen) atoms. The third-order valence-corrected chi connectivity index (χ3v) is 2.89. The highest BCUT2D eigenvalue weighted by Crippen LogP contribution is 2.14. The van der Waals surface area contributed by atoms with Gasteiger partial charge in [-0.2, -0.15) is 0 Å². The van der Waals surface area contributed by atoms with Crippen molar-refractivity contribution in [2.75, 3.05) is 33.7 Å². The van der Waals surface area contributed by atoms with Crippen molar-refractivity contribution in [2.24, 2.45) is 0 Å². The summed E-state index contributed by atoms with van der Waals surface area (Å²) in [5.74, 6) is -0.0446. The van der Waals surface area contributed by atoms with Crippen LogP contribution < -0.4 is 0 Å². The van der Waals surface area contributed by atoms with E-state index in [-0.39, 0.29) is 11.1 Å². The average Bonchev–Trinajstić information content (AvgIpc) is 2.34. The molecule has 100 valence electrons. The lowest BCUT2D eigenvalue weighted by atomic mass is 10.2.